The Morgan fingerprint density at radius 1 is 0.517 bits per heavy atom. The highest BCUT2D eigenvalue weighted by Crippen LogP contribution is 2.38. The molecule has 0 atom stereocenters. The Bertz CT molecular complexity index is 2500. The molecule has 0 aromatic heterocycles. The SMILES string of the molecule is C=C1c2ccccc2C(=O)N1c1ccccc1COC(=O)c1cc(/N=N/c2ccc(O)c(C(=O)OCc3ccccc3N3C(=O)c4ccccc4C3=O)c2)ccc1O. The molecule has 2 aliphatic rings. The summed E-state index contributed by atoms with van der Waals surface area (Å²) in [4.78, 5) is 68.4. The van der Waals surface area contributed by atoms with Crippen molar-refractivity contribution in [2.24, 2.45) is 10.2 Å². The van der Waals surface area contributed by atoms with Gasteiger partial charge in [-0.25, -0.2) is 14.5 Å². The highest BCUT2D eigenvalue weighted by Gasteiger charge is 2.37. The summed E-state index contributed by atoms with van der Waals surface area (Å²) in [5, 5.41) is 29.3. The van der Waals surface area contributed by atoms with Gasteiger partial charge in [0.05, 0.1) is 39.6 Å². The number of phenolic OH excluding ortho intramolecular Hbond substituents is 2. The van der Waals surface area contributed by atoms with Crippen LogP contribution in [0.15, 0.2) is 150 Å². The molecule has 0 saturated carbocycles. The number of benzene rings is 6. The Balaban J connectivity index is 0.939. The highest BCUT2D eigenvalue weighted by atomic mass is 16.5. The third-order valence-electron chi connectivity index (χ3n) is 9.60. The van der Waals surface area contributed by atoms with Gasteiger partial charge in [0.15, 0.2) is 0 Å². The van der Waals surface area contributed by atoms with Crippen LogP contribution >= 0.6 is 0 Å². The number of esters is 2. The van der Waals surface area contributed by atoms with Crippen LogP contribution in [0.3, 0.4) is 0 Å². The van der Waals surface area contributed by atoms with Crippen molar-refractivity contribution in [2.45, 2.75) is 13.2 Å². The van der Waals surface area contributed by atoms with Gasteiger partial charge in [-0.1, -0.05) is 73.3 Å². The number of phenols is 2. The van der Waals surface area contributed by atoms with Crippen LogP contribution in [0.2, 0.25) is 0 Å². The second-order valence-corrected chi connectivity index (χ2v) is 13.1. The number of hydrogen-bond donors (Lipinski definition) is 2. The molecule has 284 valence electrons. The zero-order valence-corrected chi connectivity index (χ0v) is 30.4. The first-order chi connectivity index (χ1) is 28.1. The fourth-order valence-electron chi connectivity index (χ4n) is 6.71. The van der Waals surface area contributed by atoms with Crippen molar-refractivity contribution in [3.63, 3.8) is 0 Å². The molecule has 0 radical (unpaired) electrons. The van der Waals surface area contributed by atoms with Crippen LogP contribution in [-0.2, 0) is 22.7 Å². The molecule has 2 aliphatic heterocycles. The average molecular weight is 771 g/mol. The molecule has 0 aliphatic carbocycles. The predicted molar refractivity (Wildman–Crippen MR) is 211 cm³/mol. The summed E-state index contributed by atoms with van der Waals surface area (Å²) in [7, 11) is 0. The third kappa shape index (κ3) is 6.73. The third-order valence-corrected chi connectivity index (χ3v) is 9.60. The van der Waals surface area contributed by atoms with E-state index in [4.69, 9.17) is 9.47 Å². The predicted octanol–water partition coefficient (Wildman–Crippen LogP) is 8.66. The second kappa shape index (κ2) is 15.2. The van der Waals surface area contributed by atoms with E-state index in [1.54, 1.807) is 84.9 Å². The average Bonchev–Trinajstić information content (AvgIpc) is 3.65. The monoisotopic (exact) mass is 770 g/mol. The molecule has 8 rings (SSSR count). The fraction of sp³-hybridized carbons (Fsp3) is 0.0444. The Kier molecular flexibility index (Phi) is 9.61. The first-order valence-electron chi connectivity index (χ1n) is 17.8. The lowest BCUT2D eigenvalue weighted by atomic mass is 10.1. The molecular formula is C45H30N4O9. The van der Waals surface area contributed by atoms with Crippen molar-refractivity contribution in [1.29, 1.82) is 0 Å². The quantitative estimate of drug-likeness (QED) is 0.0784. The number of aromatic hydroxyl groups is 2. The molecule has 58 heavy (non-hydrogen) atoms. The lowest BCUT2D eigenvalue weighted by molar-refractivity contribution is 0.0460. The topological polar surface area (TPSA) is 175 Å². The Morgan fingerprint density at radius 3 is 1.36 bits per heavy atom. The lowest BCUT2D eigenvalue weighted by Crippen LogP contribution is -2.30. The summed E-state index contributed by atoms with van der Waals surface area (Å²) in [6.07, 6.45) is 0. The number of nitrogens with zero attached hydrogens (tertiary/aromatic N) is 4. The van der Waals surface area contributed by atoms with E-state index in [0.717, 1.165) is 4.90 Å². The Hall–Kier alpha value is -8.19. The number of para-hydroxylation sites is 2. The summed E-state index contributed by atoms with van der Waals surface area (Å²) < 4.78 is 11.1. The standard InChI is InChI=1S/C45H30N4O9/c1-26-31-12-4-5-13-32(31)41(52)48(26)37-16-8-2-10-27(37)24-57-44(55)35-22-29(18-20-39(35)50)46-47-30-19-21-40(51)36(23-30)45(56)58-25-28-11-3-9-17-38(28)49-42(53)33-14-6-7-15-34(33)43(49)54/h2-23,50-51H,1,24-25H2/b47-46+. The number of amides is 3. The van der Waals surface area contributed by atoms with Gasteiger partial charge in [-0.2, -0.15) is 10.2 Å². The molecule has 13 nitrogen and oxygen atoms in total. The van der Waals surface area contributed by atoms with Gasteiger partial charge in [0.2, 0.25) is 0 Å². The largest absolute Gasteiger partial charge is 0.507 e. The number of azo groups is 1. The van der Waals surface area contributed by atoms with Gasteiger partial charge in [0.1, 0.15) is 35.8 Å². The van der Waals surface area contributed by atoms with Crippen LogP contribution in [0.25, 0.3) is 5.70 Å². The molecule has 6 aromatic rings. The number of anilines is 2. The van der Waals surface area contributed by atoms with Crippen molar-refractivity contribution in [1.82, 2.24) is 0 Å². The van der Waals surface area contributed by atoms with Gasteiger partial charge in [-0.05, 0) is 66.7 Å². The smallest absolute Gasteiger partial charge is 0.342 e. The molecule has 13 heteroatoms. The normalized spacial score (nSPS) is 13.2. The van der Waals surface area contributed by atoms with E-state index in [2.05, 4.69) is 16.8 Å². The maximum atomic E-state index is 13.3. The molecular weight excluding hydrogens is 741 g/mol. The molecule has 0 unspecified atom stereocenters. The lowest BCUT2D eigenvalue weighted by Gasteiger charge is -2.21. The zero-order valence-electron chi connectivity index (χ0n) is 30.4. The molecule has 2 heterocycles. The maximum Gasteiger partial charge on any atom is 0.342 e. The molecule has 0 fully saturated rings. The van der Waals surface area contributed by atoms with Gasteiger partial charge >= 0.3 is 11.9 Å². The van der Waals surface area contributed by atoms with E-state index in [1.165, 1.54) is 41.3 Å². The summed E-state index contributed by atoms with van der Waals surface area (Å²) in [6.45, 7) is 3.54. The molecule has 3 amide bonds. The number of ether oxygens (including phenoxy) is 2. The minimum absolute atomic E-state index is 0.144. The van der Waals surface area contributed by atoms with E-state index in [1.807, 2.05) is 12.1 Å². The maximum absolute atomic E-state index is 13.3. The molecule has 0 bridgehead atoms. The fourth-order valence-corrected chi connectivity index (χ4v) is 6.71. The van der Waals surface area contributed by atoms with Crippen LogP contribution in [0.1, 0.15) is 68.5 Å². The van der Waals surface area contributed by atoms with E-state index in [0.29, 0.717) is 33.6 Å². The molecule has 0 saturated heterocycles. The number of imide groups is 1. The van der Waals surface area contributed by atoms with Crippen molar-refractivity contribution in [3.8, 4) is 11.5 Å². The summed E-state index contributed by atoms with van der Waals surface area (Å²) >= 11 is 0. The second-order valence-electron chi connectivity index (χ2n) is 13.1. The minimum atomic E-state index is -0.911. The summed E-state index contributed by atoms with van der Waals surface area (Å²) in [5.41, 5.74) is 3.80. The van der Waals surface area contributed by atoms with Gasteiger partial charge in [-0.15, -0.1) is 0 Å². The number of fused-ring (bicyclic) bond motifs is 2. The number of carbonyl (C=O) groups excluding carboxylic acids is 5. The van der Waals surface area contributed by atoms with Gasteiger partial charge in [0, 0.05) is 22.3 Å². The molecule has 0 spiro atoms. The number of hydrogen-bond acceptors (Lipinski definition) is 11. The van der Waals surface area contributed by atoms with E-state index < -0.39 is 29.5 Å². The van der Waals surface area contributed by atoms with Gasteiger partial charge < -0.3 is 19.7 Å². The van der Waals surface area contributed by atoms with E-state index in [-0.39, 0.29) is 64.2 Å². The molecule has 6 aromatic carbocycles. The number of rotatable bonds is 10. The number of carbonyl (C=O) groups is 5. The van der Waals surface area contributed by atoms with E-state index in [9.17, 15) is 34.2 Å². The first kappa shape index (κ1) is 36.8. The van der Waals surface area contributed by atoms with Crippen molar-refractivity contribution in [3.05, 3.63) is 185 Å². The van der Waals surface area contributed by atoms with Crippen molar-refractivity contribution in [2.75, 3.05) is 9.80 Å². The van der Waals surface area contributed by atoms with Crippen LogP contribution in [0.5, 0.6) is 11.5 Å². The zero-order chi connectivity index (χ0) is 40.5. The van der Waals surface area contributed by atoms with Crippen LogP contribution in [0, 0.1) is 0 Å². The van der Waals surface area contributed by atoms with Crippen LogP contribution in [-0.4, -0.2) is 39.9 Å². The van der Waals surface area contributed by atoms with Gasteiger partial charge in [-0.3, -0.25) is 19.3 Å². The summed E-state index contributed by atoms with van der Waals surface area (Å²) in [5.74, 6) is -3.78. The minimum Gasteiger partial charge on any atom is -0.507 e. The van der Waals surface area contributed by atoms with E-state index >= 15 is 0 Å². The van der Waals surface area contributed by atoms with Crippen LogP contribution in [0.4, 0.5) is 22.7 Å². The Morgan fingerprint density at radius 2 is 0.897 bits per heavy atom. The van der Waals surface area contributed by atoms with Gasteiger partial charge in [0.25, 0.3) is 17.7 Å². The van der Waals surface area contributed by atoms with Crippen LogP contribution < -0.4 is 9.80 Å². The van der Waals surface area contributed by atoms with Crippen molar-refractivity contribution >= 4 is 58.1 Å². The highest BCUT2D eigenvalue weighted by molar-refractivity contribution is 6.34. The summed E-state index contributed by atoms with van der Waals surface area (Å²) in [6, 6.07) is 34.9. The molecule has 2 N–H and O–H groups in total. The Labute approximate surface area is 330 Å². The first-order valence-corrected chi connectivity index (χ1v) is 17.8. The van der Waals surface area contributed by atoms with Crippen molar-refractivity contribution < 1.29 is 43.7 Å².